The first-order valence-electron chi connectivity index (χ1n) is 9.80. The molecule has 1 amide bonds. The highest BCUT2D eigenvalue weighted by Crippen LogP contribution is 2.65. The Morgan fingerprint density at radius 3 is 2.39 bits per heavy atom. The van der Waals surface area contributed by atoms with Crippen LogP contribution in [0.2, 0.25) is 0 Å². The molecular weight excluding hydrogens is 432 g/mol. The third-order valence-corrected chi connectivity index (χ3v) is 7.45. The van der Waals surface area contributed by atoms with Crippen LogP contribution in [0.3, 0.4) is 0 Å². The van der Waals surface area contributed by atoms with Crippen LogP contribution in [0.15, 0.2) is 18.2 Å². The van der Waals surface area contributed by atoms with Gasteiger partial charge in [-0.25, -0.2) is 8.78 Å². The van der Waals surface area contributed by atoms with E-state index in [0.29, 0.717) is 18.3 Å². The first-order valence-corrected chi connectivity index (χ1v) is 10.6. The van der Waals surface area contributed by atoms with E-state index in [2.05, 4.69) is 21.2 Å². The second-order valence-corrected chi connectivity index (χ2v) is 10.7. The van der Waals surface area contributed by atoms with Crippen molar-refractivity contribution in [3.63, 3.8) is 0 Å². The van der Waals surface area contributed by atoms with E-state index < -0.39 is 35.3 Å². The van der Waals surface area contributed by atoms with E-state index in [9.17, 15) is 18.4 Å². The monoisotopic (exact) mass is 455 g/mol. The second kappa shape index (κ2) is 7.08. The fourth-order valence-corrected chi connectivity index (χ4v) is 7.49. The number of halogens is 3. The molecule has 4 fully saturated rings. The van der Waals surface area contributed by atoms with Crippen LogP contribution in [0.1, 0.15) is 51.9 Å². The number of alkyl halides is 1. The molecule has 0 heterocycles. The van der Waals surface area contributed by atoms with Crippen molar-refractivity contribution >= 4 is 33.5 Å². The van der Waals surface area contributed by atoms with Crippen molar-refractivity contribution in [1.29, 1.82) is 0 Å². The Kier molecular flexibility index (Phi) is 5.01. The normalized spacial score (nSPS) is 34.1. The van der Waals surface area contributed by atoms with E-state index in [1.807, 2.05) is 0 Å². The molecular formula is C21H24BrF2NO3. The molecule has 7 heteroatoms. The Hall–Kier alpha value is -1.50. The van der Waals surface area contributed by atoms with Crippen molar-refractivity contribution < 1.29 is 23.1 Å². The van der Waals surface area contributed by atoms with Crippen molar-refractivity contribution in [3.8, 4) is 0 Å². The van der Waals surface area contributed by atoms with Crippen LogP contribution in [-0.2, 0) is 14.3 Å². The molecule has 0 aliphatic heterocycles. The molecule has 1 N–H and O–H groups in total. The standard InChI is InChI=1S/C21H24BrF2NO3/c1-12(19(27)25-18-15(23)3-2-4-16(18)24)28-17(26)10-20-6-13-5-14(7-20)9-21(22,8-13)11-20/h2-4,12-14H,5-11H2,1H3,(H,25,27). The number of hydrogen-bond acceptors (Lipinski definition) is 3. The first kappa shape index (κ1) is 19.8. The Morgan fingerprint density at radius 2 is 1.82 bits per heavy atom. The van der Waals surface area contributed by atoms with Crippen molar-refractivity contribution in [2.24, 2.45) is 17.3 Å². The highest BCUT2D eigenvalue weighted by Gasteiger charge is 2.57. The third-order valence-electron chi connectivity index (χ3n) is 6.52. The van der Waals surface area contributed by atoms with Gasteiger partial charge in [0.25, 0.3) is 5.91 Å². The number of esters is 1. The molecule has 4 saturated carbocycles. The topological polar surface area (TPSA) is 55.4 Å². The zero-order valence-corrected chi connectivity index (χ0v) is 17.4. The van der Waals surface area contributed by atoms with Gasteiger partial charge in [0.15, 0.2) is 6.10 Å². The minimum Gasteiger partial charge on any atom is -0.453 e. The van der Waals surface area contributed by atoms with E-state index in [4.69, 9.17) is 4.74 Å². The molecule has 1 aromatic carbocycles. The molecule has 4 bridgehead atoms. The molecule has 4 nitrogen and oxygen atoms in total. The molecule has 3 unspecified atom stereocenters. The minimum absolute atomic E-state index is 0.0570. The molecule has 28 heavy (non-hydrogen) atoms. The average Bonchev–Trinajstić information content (AvgIpc) is 2.55. The van der Waals surface area contributed by atoms with Crippen LogP contribution >= 0.6 is 15.9 Å². The van der Waals surface area contributed by atoms with Crippen molar-refractivity contribution in [2.75, 3.05) is 5.32 Å². The van der Waals surface area contributed by atoms with E-state index in [1.54, 1.807) is 0 Å². The summed E-state index contributed by atoms with van der Waals surface area (Å²) in [6, 6.07) is 3.32. The van der Waals surface area contributed by atoms with Crippen LogP contribution in [0.25, 0.3) is 0 Å². The van der Waals surface area contributed by atoms with Gasteiger partial charge in [0.2, 0.25) is 0 Å². The highest BCUT2D eigenvalue weighted by molar-refractivity contribution is 9.10. The number of hydrogen-bond donors (Lipinski definition) is 1. The molecule has 0 spiro atoms. The maximum Gasteiger partial charge on any atom is 0.307 e. The molecule has 1 aromatic rings. The van der Waals surface area contributed by atoms with Gasteiger partial charge in [-0.2, -0.15) is 0 Å². The largest absolute Gasteiger partial charge is 0.453 e. The summed E-state index contributed by atoms with van der Waals surface area (Å²) in [4.78, 5) is 24.8. The van der Waals surface area contributed by atoms with Gasteiger partial charge in [0.1, 0.15) is 17.3 Å². The Balaban J connectivity index is 1.37. The van der Waals surface area contributed by atoms with Crippen LogP contribution in [-0.4, -0.2) is 22.3 Å². The van der Waals surface area contributed by atoms with Crippen LogP contribution < -0.4 is 5.32 Å². The number of amides is 1. The lowest BCUT2D eigenvalue weighted by atomic mass is 9.49. The van der Waals surface area contributed by atoms with E-state index >= 15 is 0 Å². The molecule has 4 aliphatic rings. The summed E-state index contributed by atoms with van der Waals surface area (Å²) in [5.41, 5.74) is -0.587. The molecule has 4 aliphatic carbocycles. The van der Waals surface area contributed by atoms with Gasteiger partial charge in [-0.05, 0) is 74.8 Å². The number of nitrogens with one attached hydrogen (secondary N) is 1. The third kappa shape index (κ3) is 3.82. The number of benzene rings is 1. The van der Waals surface area contributed by atoms with Gasteiger partial charge < -0.3 is 10.1 Å². The Bertz CT molecular complexity index is 781. The van der Waals surface area contributed by atoms with Gasteiger partial charge >= 0.3 is 5.97 Å². The SMILES string of the molecule is CC(OC(=O)CC12CC3CC(CC(Br)(C3)C1)C2)C(=O)Nc1c(F)cccc1F. The first-order chi connectivity index (χ1) is 13.2. The number of para-hydroxylation sites is 1. The quantitative estimate of drug-likeness (QED) is 0.504. The highest BCUT2D eigenvalue weighted by atomic mass is 79.9. The lowest BCUT2D eigenvalue weighted by Crippen LogP contribution is -2.53. The van der Waals surface area contributed by atoms with Crippen LogP contribution in [0.5, 0.6) is 0 Å². The summed E-state index contributed by atoms with van der Waals surface area (Å²) in [6.07, 6.45) is 5.79. The average molecular weight is 456 g/mol. The second-order valence-electron chi connectivity index (χ2n) is 9.01. The van der Waals surface area contributed by atoms with E-state index in [1.165, 1.54) is 32.3 Å². The van der Waals surface area contributed by atoms with Gasteiger partial charge in [0.05, 0.1) is 6.42 Å². The smallest absolute Gasteiger partial charge is 0.307 e. The van der Waals surface area contributed by atoms with Crippen molar-refractivity contribution in [3.05, 3.63) is 29.8 Å². The zero-order valence-electron chi connectivity index (χ0n) is 15.8. The van der Waals surface area contributed by atoms with Crippen LogP contribution in [0.4, 0.5) is 14.5 Å². The fraction of sp³-hybridized carbons (Fsp3) is 0.619. The summed E-state index contributed by atoms with van der Waals surface area (Å²) in [5, 5.41) is 2.18. The van der Waals surface area contributed by atoms with Crippen molar-refractivity contribution in [2.45, 2.75) is 62.3 Å². The lowest BCUT2D eigenvalue weighted by molar-refractivity contribution is -0.159. The van der Waals surface area contributed by atoms with E-state index in [-0.39, 0.29) is 9.74 Å². The van der Waals surface area contributed by atoms with Gasteiger partial charge in [0, 0.05) is 4.32 Å². The van der Waals surface area contributed by atoms with Crippen molar-refractivity contribution in [1.82, 2.24) is 0 Å². The number of rotatable bonds is 5. The zero-order chi connectivity index (χ0) is 20.1. The maximum atomic E-state index is 13.7. The van der Waals surface area contributed by atoms with Crippen LogP contribution in [0, 0.1) is 28.9 Å². The number of anilines is 1. The molecule has 0 radical (unpaired) electrons. The molecule has 3 atom stereocenters. The molecule has 152 valence electrons. The summed E-state index contributed by atoms with van der Waals surface area (Å²) in [5.74, 6) is -1.61. The number of ether oxygens (including phenoxy) is 1. The summed E-state index contributed by atoms with van der Waals surface area (Å²) >= 11 is 3.92. The molecule has 0 aromatic heterocycles. The molecule has 0 saturated heterocycles. The fourth-order valence-electron chi connectivity index (χ4n) is 5.98. The number of carbonyl (C=O) groups is 2. The lowest BCUT2D eigenvalue weighted by Gasteiger charge is -2.60. The van der Waals surface area contributed by atoms with E-state index in [0.717, 1.165) is 31.4 Å². The minimum atomic E-state index is -1.13. The predicted molar refractivity (Wildman–Crippen MR) is 104 cm³/mol. The van der Waals surface area contributed by atoms with Gasteiger partial charge in [-0.15, -0.1) is 0 Å². The summed E-state index contributed by atoms with van der Waals surface area (Å²) in [6.45, 7) is 1.41. The summed E-state index contributed by atoms with van der Waals surface area (Å²) < 4.78 is 32.9. The number of carbonyl (C=O) groups excluding carboxylic acids is 2. The maximum absolute atomic E-state index is 13.7. The summed E-state index contributed by atoms with van der Waals surface area (Å²) in [7, 11) is 0. The van der Waals surface area contributed by atoms with Gasteiger partial charge in [-0.1, -0.05) is 22.0 Å². The predicted octanol–water partition coefficient (Wildman–Crippen LogP) is 4.96. The Labute approximate surface area is 171 Å². The van der Waals surface area contributed by atoms with Gasteiger partial charge in [-0.3, -0.25) is 9.59 Å². The Morgan fingerprint density at radius 1 is 1.21 bits per heavy atom. The molecule has 5 rings (SSSR count).